The first-order chi connectivity index (χ1) is 7.40. The summed E-state index contributed by atoms with van der Waals surface area (Å²) in [4.78, 5) is 4.41. The van der Waals surface area contributed by atoms with Crippen LogP contribution in [0.15, 0.2) is 35.7 Å². The molecule has 0 unspecified atom stereocenters. The zero-order chi connectivity index (χ0) is 10.5. The number of hydrogen-bond acceptors (Lipinski definition) is 4. The van der Waals surface area contributed by atoms with Crippen LogP contribution < -0.4 is 5.32 Å². The van der Waals surface area contributed by atoms with Crippen LogP contribution in [-0.2, 0) is 0 Å². The average Bonchev–Trinajstić information content (AvgIpc) is 2.76. The standard InChI is InChI=1S/C11H12N2OS/c14-7-6-12-11-13-10(8-15-11)9-4-2-1-3-5-9/h1-5,8,14H,6-7H2,(H,12,13). The van der Waals surface area contributed by atoms with E-state index in [0.717, 1.165) is 16.4 Å². The lowest BCUT2D eigenvalue weighted by molar-refractivity contribution is 0.311. The molecule has 0 aliphatic carbocycles. The molecule has 0 amide bonds. The molecule has 2 N–H and O–H groups in total. The molecule has 3 nitrogen and oxygen atoms in total. The van der Waals surface area contributed by atoms with Crippen LogP contribution in [0.5, 0.6) is 0 Å². The molecule has 1 aromatic carbocycles. The molecule has 0 spiro atoms. The van der Waals surface area contributed by atoms with E-state index >= 15 is 0 Å². The molecule has 78 valence electrons. The van der Waals surface area contributed by atoms with Crippen LogP contribution in [0.4, 0.5) is 5.13 Å². The number of aromatic nitrogens is 1. The first kappa shape index (κ1) is 10.1. The van der Waals surface area contributed by atoms with Crippen molar-refractivity contribution in [2.24, 2.45) is 0 Å². The molecule has 2 rings (SSSR count). The Morgan fingerprint density at radius 1 is 1.27 bits per heavy atom. The van der Waals surface area contributed by atoms with Gasteiger partial charge in [-0.15, -0.1) is 11.3 Å². The van der Waals surface area contributed by atoms with E-state index in [-0.39, 0.29) is 6.61 Å². The predicted octanol–water partition coefficient (Wildman–Crippen LogP) is 2.21. The molecule has 15 heavy (non-hydrogen) atoms. The van der Waals surface area contributed by atoms with Crippen molar-refractivity contribution >= 4 is 16.5 Å². The molecule has 0 radical (unpaired) electrons. The van der Waals surface area contributed by atoms with Crippen LogP contribution in [0, 0.1) is 0 Å². The Bertz CT molecular complexity index is 414. The van der Waals surface area contributed by atoms with E-state index in [1.165, 1.54) is 0 Å². The van der Waals surface area contributed by atoms with E-state index in [1.807, 2.05) is 35.7 Å². The maximum atomic E-state index is 8.67. The SMILES string of the molecule is OCCNc1nc(-c2ccccc2)cs1. The predicted molar refractivity (Wildman–Crippen MR) is 63.1 cm³/mol. The second kappa shape index (κ2) is 4.91. The molecule has 0 atom stereocenters. The lowest BCUT2D eigenvalue weighted by Crippen LogP contribution is -2.04. The Morgan fingerprint density at radius 2 is 2.07 bits per heavy atom. The Morgan fingerprint density at radius 3 is 2.80 bits per heavy atom. The van der Waals surface area contributed by atoms with Gasteiger partial charge in [0.15, 0.2) is 5.13 Å². The molecular formula is C11H12N2OS. The van der Waals surface area contributed by atoms with Crippen molar-refractivity contribution < 1.29 is 5.11 Å². The molecular weight excluding hydrogens is 208 g/mol. The number of anilines is 1. The van der Waals surface area contributed by atoms with E-state index in [4.69, 9.17) is 5.11 Å². The smallest absolute Gasteiger partial charge is 0.183 e. The summed E-state index contributed by atoms with van der Waals surface area (Å²) < 4.78 is 0. The molecule has 0 aliphatic rings. The number of aliphatic hydroxyl groups excluding tert-OH is 1. The van der Waals surface area contributed by atoms with Crippen LogP contribution in [0.3, 0.4) is 0 Å². The summed E-state index contributed by atoms with van der Waals surface area (Å²) in [6, 6.07) is 10.0. The highest BCUT2D eigenvalue weighted by molar-refractivity contribution is 7.14. The Balaban J connectivity index is 2.14. The first-order valence-corrected chi connectivity index (χ1v) is 5.64. The van der Waals surface area contributed by atoms with Crippen LogP contribution in [-0.4, -0.2) is 23.2 Å². The van der Waals surface area contributed by atoms with Gasteiger partial charge < -0.3 is 10.4 Å². The van der Waals surface area contributed by atoms with E-state index in [1.54, 1.807) is 11.3 Å². The van der Waals surface area contributed by atoms with Gasteiger partial charge in [0, 0.05) is 17.5 Å². The molecule has 0 bridgehead atoms. The minimum Gasteiger partial charge on any atom is -0.395 e. The molecule has 4 heteroatoms. The zero-order valence-electron chi connectivity index (χ0n) is 8.18. The summed E-state index contributed by atoms with van der Waals surface area (Å²) in [6.07, 6.45) is 0. The number of rotatable bonds is 4. The third-order valence-corrected chi connectivity index (χ3v) is 2.76. The van der Waals surface area contributed by atoms with Gasteiger partial charge in [-0.2, -0.15) is 0 Å². The van der Waals surface area contributed by atoms with E-state index < -0.39 is 0 Å². The minimum atomic E-state index is 0.125. The van der Waals surface area contributed by atoms with E-state index in [9.17, 15) is 0 Å². The van der Waals surface area contributed by atoms with Crippen molar-refractivity contribution in [1.82, 2.24) is 4.98 Å². The second-order valence-corrected chi connectivity index (χ2v) is 3.91. The number of benzene rings is 1. The Hall–Kier alpha value is -1.39. The molecule has 0 saturated heterocycles. The van der Waals surface area contributed by atoms with Crippen LogP contribution in [0.1, 0.15) is 0 Å². The van der Waals surface area contributed by atoms with Gasteiger partial charge in [0.2, 0.25) is 0 Å². The van der Waals surface area contributed by atoms with E-state index in [0.29, 0.717) is 6.54 Å². The second-order valence-electron chi connectivity index (χ2n) is 3.05. The molecule has 0 saturated carbocycles. The van der Waals surface area contributed by atoms with Gasteiger partial charge in [0.1, 0.15) is 0 Å². The summed E-state index contributed by atoms with van der Waals surface area (Å²) in [6.45, 7) is 0.669. The number of thiazole rings is 1. The molecule has 2 aromatic rings. The quantitative estimate of drug-likeness (QED) is 0.830. The van der Waals surface area contributed by atoms with Crippen molar-refractivity contribution in [3.63, 3.8) is 0 Å². The number of nitrogens with zero attached hydrogens (tertiary/aromatic N) is 1. The number of hydrogen-bond donors (Lipinski definition) is 2. The Labute approximate surface area is 92.4 Å². The highest BCUT2D eigenvalue weighted by Crippen LogP contribution is 2.24. The molecule has 1 aromatic heterocycles. The van der Waals surface area contributed by atoms with E-state index in [2.05, 4.69) is 10.3 Å². The van der Waals surface area contributed by atoms with Crippen molar-refractivity contribution in [2.45, 2.75) is 0 Å². The van der Waals surface area contributed by atoms with Crippen LogP contribution in [0.2, 0.25) is 0 Å². The fourth-order valence-corrected chi connectivity index (χ4v) is 2.01. The number of aliphatic hydroxyl groups is 1. The summed E-state index contributed by atoms with van der Waals surface area (Å²) in [5.41, 5.74) is 2.09. The molecule has 1 heterocycles. The lowest BCUT2D eigenvalue weighted by Gasteiger charge is -1.97. The van der Waals surface area contributed by atoms with Gasteiger partial charge >= 0.3 is 0 Å². The maximum Gasteiger partial charge on any atom is 0.183 e. The third kappa shape index (κ3) is 2.55. The van der Waals surface area contributed by atoms with Gasteiger partial charge in [-0.3, -0.25) is 0 Å². The highest BCUT2D eigenvalue weighted by atomic mass is 32.1. The summed E-state index contributed by atoms with van der Waals surface area (Å²) in [7, 11) is 0. The van der Waals surface area contributed by atoms with Gasteiger partial charge in [-0.1, -0.05) is 30.3 Å². The maximum absolute atomic E-state index is 8.67. The fraction of sp³-hybridized carbons (Fsp3) is 0.182. The van der Waals surface area contributed by atoms with Crippen molar-refractivity contribution in [3.8, 4) is 11.3 Å². The monoisotopic (exact) mass is 220 g/mol. The summed E-state index contributed by atoms with van der Waals surface area (Å²) in [5, 5.41) is 14.6. The normalized spacial score (nSPS) is 10.2. The lowest BCUT2D eigenvalue weighted by atomic mass is 10.2. The van der Waals surface area contributed by atoms with Gasteiger partial charge in [-0.05, 0) is 0 Å². The van der Waals surface area contributed by atoms with Crippen molar-refractivity contribution in [2.75, 3.05) is 18.5 Å². The van der Waals surface area contributed by atoms with Crippen molar-refractivity contribution in [1.29, 1.82) is 0 Å². The minimum absolute atomic E-state index is 0.125. The Kier molecular flexibility index (Phi) is 3.32. The van der Waals surface area contributed by atoms with Crippen LogP contribution >= 0.6 is 11.3 Å². The first-order valence-electron chi connectivity index (χ1n) is 4.76. The van der Waals surface area contributed by atoms with Crippen LogP contribution in [0.25, 0.3) is 11.3 Å². The largest absolute Gasteiger partial charge is 0.395 e. The van der Waals surface area contributed by atoms with Gasteiger partial charge in [0.25, 0.3) is 0 Å². The molecule has 0 fully saturated rings. The van der Waals surface area contributed by atoms with Gasteiger partial charge in [-0.25, -0.2) is 4.98 Å². The highest BCUT2D eigenvalue weighted by Gasteiger charge is 2.02. The molecule has 0 aliphatic heterocycles. The topological polar surface area (TPSA) is 45.1 Å². The van der Waals surface area contributed by atoms with Gasteiger partial charge in [0.05, 0.1) is 12.3 Å². The average molecular weight is 220 g/mol. The number of nitrogens with one attached hydrogen (secondary N) is 1. The third-order valence-electron chi connectivity index (χ3n) is 1.96. The summed E-state index contributed by atoms with van der Waals surface area (Å²) >= 11 is 1.55. The zero-order valence-corrected chi connectivity index (χ0v) is 9.00. The summed E-state index contributed by atoms with van der Waals surface area (Å²) in [5.74, 6) is 0. The fourth-order valence-electron chi connectivity index (χ4n) is 1.26. The van der Waals surface area contributed by atoms with Crippen molar-refractivity contribution in [3.05, 3.63) is 35.7 Å².